The van der Waals surface area contributed by atoms with Crippen molar-refractivity contribution in [3.05, 3.63) is 53.7 Å². The van der Waals surface area contributed by atoms with Crippen LogP contribution in [0.25, 0.3) is 11.3 Å². The Morgan fingerprint density at radius 3 is 2.54 bits per heavy atom. The van der Waals surface area contributed by atoms with Crippen LogP contribution in [0.1, 0.15) is 30.9 Å². The van der Waals surface area contributed by atoms with E-state index in [4.69, 9.17) is 16.2 Å². The second kappa shape index (κ2) is 8.44. The van der Waals surface area contributed by atoms with Gasteiger partial charge in [-0.1, -0.05) is 42.8 Å². The van der Waals surface area contributed by atoms with Crippen LogP contribution < -0.4 is 11.5 Å². The number of rotatable bonds is 8. The van der Waals surface area contributed by atoms with Crippen LogP contribution in [0.4, 0.5) is 11.6 Å². The molecule has 0 fully saturated rings. The fraction of sp³-hybridized carbons (Fsp3) is 0.316. The van der Waals surface area contributed by atoms with Gasteiger partial charge < -0.3 is 16.2 Å². The molecule has 0 saturated heterocycles. The normalized spacial score (nSPS) is 11.0. The Kier molecular flexibility index (Phi) is 5.80. The number of ether oxygens (including phenoxy) is 1. The summed E-state index contributed by atoms with van der Waals surface area (Å²) < 4.78 is 7.41. The molecule has 0 amide bonds. The number of hydrogen-bond donors (Lipinski definition) is 2. The summed E-state index contributed by atoms with van der Waals surface area (Å²) in [7, 11) is 0. The van der Waals surface area contributed by atoms with Crippen molar-refractivity contribution in [2.45, 2.75) is 32.9 Å². The average Bonchev–Trinajstić information content (AvgIpc) is 3.08. The molecular weight excluding hydrogens is 328 g/mol. The van der Waals surface area contributed by atoms with Crippen molar-refractivity contribution in [1.29, 1.82) is 0 Å². The van der Waals surface area contributed by atoms with Gasteiger partial charge in [0.2, 0.25) is 0 Å². The molecule has 0 spiro atoms. The van der Waals surface area contributed by atoms with E-state index < -0.39 is 0 Å². The fourth-order valence-corrected chi connectivity index (χ4v) is 2.57. The lowest BCUT2D eigenvalue weighted by molar-refractivity contribution is 0.118. The molecule has 4 N–H and O–H groups in total. The zero-order valence-corrected chi connectivity index (χ0v) is 14.9. The summed E-state index contributed by atoms with van der Waals surface area (Å²) in [5.41, 5.74) is 15.3. The van der Waals surface area contributed by atoms with Crippen molar-refractivity contribution in [3.8, 4) is 11.3 Å². The Morgan fingerprint density at radius 2 is 1.81 bits per heavy atom. The number of aromatic nitrogens is 4. The molecule has 0 bridgehead atoms. The minimum Gasteiger partial charge on any atom is -0.384 e. The van der Waals surface area contributed by atoms with E-state index in [1.54, 1.807) is 16.8 Å². The standard InChI is InChI=1S/C19H24N6O/c1-2-3-10-26-13-15-6-4-14(5-7-15)11-25-12-17(23-24-25)16-8-9-18(20)22-19(16)21/h4-9,12H,2-3,10-11,13H2,1H3,(H4,20,21,22). The van der Waals surface area contributed by atoms with Gasteiger partial charge in [-0.2, -0.15) is 0 Å². The number of hydrogen-bond acceptors (Lipinski definition) is 6. The van der Waals surface area contributed by atoms with Crippen LogP contribution in [0, 0.1) is 0 Å². The molecule has 136 valence electrons. The van der Waals surface area contributed by atoms with Crippen LogP contribution in [-0.2, 0) is 17.9 Å². The van der Waals surface area contributed by atoms with E-state index in [0.717, 1.165) is 30.6 Å². The third-order valence-electron chi connectivity index (χ3n) is 4.04. The zero-order valence-electron chi connectivity index (χ0n) is 14.9. The van der Waals surface area contributed by atoms with Gasteiger partial charge in [-0.25, -0.2) is 9.67 Å². The molecule has 2 aromatic heterocycles. The second-order valence-electron chi connectivity index (χ2n) is 6.19. The predicted octanol–water partition coefficient (Wildman–Crippen LogP) is 2.87. The van der Waals surface area contributed by atoms with E-state index in [9.17, 15) is 0 Å². The number of nitrogens with zero attached hydrogens (tertiary/aromatic N) is 4. The van der Waals surface area contributed by atoms with Crippen molar-refractivity contribution in [2.75, 3.05) is 18.1 Å². The molecule has 0 radical (unpaired) electrons. The largest absolute Gasteiger partial charge is 0.384 e. The van der Waals surface area contributed by atoms with Crippen LogP contribution in [0.2, 0.25) is 0 Å². The van der Waals surface area contributed by atoms with Crippen molar-refractivity contribution in [3.63, 3.8) is 0 Å². The maximum Gasteiger partial charge on any atom is 0.135 e. The van der Waals surface area contributed by atoms with Gasteiger partial charge in [-0.3, -0.25) is 0 Å². The Bertz CT molecular complexity index is 843. The Morgan fingerprint density at radius 1 is 1.04 bits per heavy atom. The zero-order chi connectivity index (χ0) is 18.4. The first-order chi connectivity index (χ1) is 12.7. The van der Waals surface area contributed by atoms with Crippen molar-refractivity contribution >= 4 is 11.6 Å². The van der Waals surface area contributed by atoms with Gasteiger partial charge in [0, 0.05) is 12.2 Å². The smallest absolute Gasteiger partial charge is 0.135 e. The van der Waals surface area contributed by atoms with E-state index in [2.05, 4.69) is 46.5 Å². The number of nitrogen functional groups attached to an aromatic ring is 2. The highest BCUT2D eigenvalue weighted by atomic mass is 16.5. The predicted molar refractivity (Wildman–Crippen MR) is 102 cm³/mol. The molecule has 0 saturated carbocycles. The van der Waals surface area contributed by atoms with Crippen LogP contribution in [0.15, 0.2) is 42.6 Å². The molecule has 7 nitrogen and oxygen atoms in total. The Balaban J connectivity index is 1.62. The molecule has 0 unspecified atom stereocenters. The van der Waals surface area contributed by atoms with E-state index in [0.29, 0.717) is 30.5 Å². The third kappa shape index (κ3) is 4.58. The Labute approximate surface area is 153 Å². The first-order valence-corrected chi connectivity index (χ1v) is 8.73. The maximum absolute atomic E-state index is 5.91. The van der Waals surface area contributed by atoms with E-state index in [1.165, 1.54) is 5.56 Å². The monoisotopic (exact) mass is 352 g/mol. The fourth-order valence-electron chi connectivity index (χ4n) is 2.57. The van der Waals surface area contributed by atoms with Crippen LogP contribution in [-0.4, -0.2) is 26.6 Å². The highest BCUT2D eigenvalue weighted by Crippen LogP contribution is 2.23. The summed E-state index contributed by atoms with van der Waals surface area (Å²) in [5.74, 6) is 0.738. The minimum atomic E-state index is 0.351. The molecule has 0 aliphatic carbocycles. The SMILES string of the molecule is CCCCOCc1ccc(Cn2cc(-c3ccc(N)nc3N)nn2)cc1. The molecule has 0 aliphatic rings. The van der Waals surface area contributed by atoms with Crippen LogP contribution in [0.5, 0.6) is 0 Å². The van der Waals surface area contributed by atoms with Crippen molar-refractivity contribution in [1.82, 2.24) is 20.0 Å². The van der Waals surface area contributed by atoms with Gasteiger partial charge in [0.15, 0.2) is 0 Å². The topological polar surface area (TPSA) is 105 Å². The van der Waals surface area contributed by atoms with E-state index in [1.807, 2.05) is 6.20 Å². The summed E-state index contributed by atoms with van der Waals surface area (Å²) in [6, 6.07) is 11.8. The molecule has 26 heavy (non-hydrogen) atoms. The van der Waals surface area contributed by atoms with Crippen LogP contribution >= 0.6 is 0 Å². The minimum absolute atomic E-state index is 0.351. The molecular formula is C19H24N6O. The summed E-state index contributed by atoms with van der Waals surface area (Å²) in [4.78, 5) is 4.06. The molecule has 0 aliphatic heterocycles. The van der Waals surface area contributed by atoms with Gasteiger partial charge in [0.1, 0.15) is 17.3 Å². The van der Waals surface area contributed by atoms with Gasteiger partial charge >= 0.3 is 0 Å². The lowest BCUT2D eigenvalue weighted by Gasteiger charge is -2.05. The lowest BCUT2D eigenvalue weighted by atomic mass is 10.1. The first kappa shape index (κ1) is 17.9. The number of unbranched alkanes of at least 4 members (excludes halogenated alkanes) is 1. The lowest BCUT2D eigenvalue weighted by Crippen LogP contribution is -2.01. The molecule has 1 aromatic carbocycles. The van der Waals surface area contributed by atoms with Crippen LogP contribution in [0.3, 0.4) is 0 Å². The van der Waals surface area contributed by atoms with E-state index in [-0.39, 0.29) is 0 Å². The number of benzene rings is 1. The summed E-state index contributed by atoms with van der Waals surface area (Å²) >= 11 is 0. The maximum atomic E-state index is 5.91. The van der Waals surface area contributed by atoms with Gasteiger partial charge in [-0.15, -0.1) is 5.10 Å². The highest BCUT2D eigenvalue weighted by Gasteiger charge is 2.09. The molecule has 2 heterocycles. The van der Waals surface area contributed by atoms with E-state index >= 15 is 0 Å². The van der Waals surface area contributed by atoms with Crippen molar-refractivity contribution < 1.29 is 4.74 Å². The summed E-state index contributed by atoms with van der Waals surface area (Å²) in [6.07, 6.45) is 4.10. The number of nitrogens with two attached hydrogens (primary N) is 2. The van der Waals surface area contributed by atoms with Gasteiger partial charge in [-0.05, 0) is 29.7 Å². The Hall–Kier alpha value is -2.93. The summed E-state index contributed by atoms with van der Waals surface area (Å²) in [6.45, 7) is 4.25. The molecule has 3 rings (SSSR count). The summed E-state index contributed by atoms with van der Waals surface area (Å²) in [5, 5.41) is 8.35. The second-order valence-corrected chi connectivity index (χ2v) is 6.19. The van der Waals surface area contributed by atoms with Gasteiger partial charge in [0.05, 0.1) is 19.3 Å². The number of anilines is 2. The average molecular weight is 352 g/mol. The highest BCUT2D eigenvalue weighted by molar-refractivity contribution is 5.71. The van der Waals surface area contributed by atoms with Crippen molar-refractivity contribution in [2.24, 2.45) is 0 Å². The first-order valence-electron chi connectivity index (χ1n) is 8.73. The van der Waals surface area contributed by atoms with Gasteiger partial charge in [0.25, 0.3) is 0 Å². The quantitative estimate of drug-likeness (QED) is 0.604. The molecule has 3 aromatic rings. The molecule has 0 atom stereocenters. The molecule has 7 heteroatoms. The third-order valence-corrected chi connectivity index (χ3v) is 4.04. The number of pyridine rings is 1.